The summed E-state index contributed by atoms with van der Waals surface area (Å²) < 4.78 is 22.7. The molecule has 1 aliphatic rings. The van der Waals surface area contributed by atoms with Crippen molar-refractivity contribution in [3.63, 3.8) is 0 Å². The van der Waals surface area contributed by atoms with Crippen LogP contribution in [0.3, 0.4) is 0 Å². The summed E-state index contributed by atoms with van der Waals surface area (Å²) in [7, 11) is -1.29. The summed E-state index contributed by atoms with van der Waals surface area (Å²) in [6.07, 6.45) is 0.449. The van der Waals surface area contributed by atoms with E-state index < -0.39 is 9.84 Å². The molecule has 2 amide bonds. The quantitative estimate of drug-likeness (QED) is 0.601. The maximum atomic E-state index is 11.9. The summed E-state index contributed by atoms with van der Waals surface area (Å²) in [6, 6.07) is 6.43. The van der Waals surface area contributed by atoms with E-state index in [1.54, 1.807) is 31.3 Å². The molecule has 3 N–H and O–H groups in total. The molecule has 0 bridgehead atoms. The van der Waals surface area contributed by atoms with Crippen molar-refractivity contribution in [2.24, 2.45) is 0 Å². The molecule has 9 heteroatoms. The van der Waals surface area contributed by atoms with Crippen LogP contribution >= 0.6 is 11.6 Å². The molecule has 7 nitrogen and oxygen atoms in total. The maximum Gasteiger partial charge on any atom is 0.279 e. The summed E-state index contributed by atoms with van der Waals surface area (Å²) in [4.78, 5) is 24.6. The van der Waals surface area contributed by atoms with E-state index in [1.165, 1.54) is 0 Å². The number of quaternary nitrogens is 1. The van der Waals surface area contributed by atoms with Gasteiger partial charge in [0.05, 0.1) is 18.6 Å². The van der Waals surface area contributed by atoms with Gasteiger partial charge in [0, 0.05) is 16.8 Å². The van der Waals surface area contributed by atoms with Crippen LogP contribution in [0.1, 0.15) is 6.42 Å². The number of hydrogen-bond acceptors (Lipinski definition) is 4. The first kappa shape index (κ1) is 18.7. The van der Waals surface area contributed by atoms with Crippen molar-refractivity contribution in [3.8, 4) is 0 Å². The van der Waals surface area contributed by atoms with Crippen LogP contribution < -0.4 is 15.5 Å². The van der Waals surface area contributed by atoms with Crippen LogP contribution in [0, 0.1) is 0 Å². The number of likely N-dealkylation sites (N-methyl/N-ethyl adjacent to an activating group) is 1. The summed E-state index contributed by atoms with van der Waals surface area (Å²) in [6.45, 7) is 0.226. The molecule has 0 saturated carbocycles. The first-order chi connectivity index (χ1) is 11.2. The lowest BCUT2D eigenvalue weighted by molar-refractivity contribution is -0.862. The largest absolute Gasteiger partial charge is 0.347 e. The Kier molecular flexibility index (Phi) is 6.20. The Morgan fingerprint density at radius 3 is 2.42 bits per heavy atom. The van der Waals surface area contributed by atoms with E-state index in [9.17, 15) is 18.0 Å². The molecule has 1 fully saturated rings. The number of rotatable bonds is 6. The van der Waals surface area contributed by atoms with Crippen LogP contribution in [-0.4, -0.2) is 57.9 Å². The predicted molar refractivity (Wildman–Crippen MR) is 91.9 cm³/mol. The Hall–Kier alpha value is -1.64. The number of hydrogen-bond donors (Lipinski definition) is 3. The summed E-state index contributed by atoms with van der Waals surface area (Å²) in [5.41, 5.74) is 0.637. The van der Waals surface area contributed by atoms with Crippen LogP contribution in [0.15, 0.2) is 24.3 Å². The number of nitrogens with one attached hydrogen (secondary N) is 3. The van der Waals surface area contributed by atoms with Gasteiger partial charge in [-0.05, 0) is 30.7 Å². The minimum atomic E-state index is -3.02. The summed E-state index contributed by atoms with van der Waals surface area (Å²) in [5.74, 6) is -0.362. The second-order valence-corrected chi connectivity index (χ2v) is 8.70. The van der Waals surface area contributed by atoms with Crippen LogP contribution in [-0.2, 0) is 19.4 Å². The predicted octanol–water partition coefficient (Wildman–Crippen LogP) is -0.903. The molecule has 0 aliphatic carbocycles. The van der Waals surface area contributed by atoms with Crippen molar-refractivity contribution in [2.45, 2.75) is 12.5 Å². The molecule has 1 heterocycles. The third-order valence-electron chi connectivity index (χ3n) is 3.65. The first-order valence-corrected chi connectivity index (χ1v) is 9.80. The molecular formula is C15H21ClN3O4S+. The van der Waals surface area contributed by atoms with Crippen LogP contribution in [0.4, 0.5) is 5.69 Å². The number of halogens is 1. The van der Waals surface area contributed by atoms with Gasteiger partial charge in [-0.3, -0.25) is 9.59 Å². The minimum Gasteiger partial charge on any atom is -0.347 e. The van der Waals surface area contributed by atoms with E-state index in [4.69, 9.17) is 11.6 Å². The van der Waals surface area contributed by atoms with Gasteiger partial charge < -0.3 is 15.5 Å². The first-order valence-electron chi connectivity index (χ1n) is 7.60. The van der Waals surface area contributed by atoms with Gasteiger partial charge in [0.25, 0.3) is 11.8 Å². The number of carbonyl (C=O) groups excluding carboxylic acids is 2. The minimum absolute atomic E-state index is 0.00512. The van der Waals surface area contributed by atoms with Crippen molar-refractivity contribution >= 4 is 38.9 Å². The molecule has 1 unspecified atom stereocenters. The average Bonchev–Trinajstić information content (AvgIpc) is 2.79. The van der Waals surface area contributed by atoms with Gasteiger partial charge in [-0.1, -0.05) is 11.6 Å². The van der Waals surface area contributed by atoms with Gasteiger partial charge in [0.1, 0.15) is 0 Å². The molecule has 1 aromatic carbocycles. The lowest BCUT2D eigenvalue weighted by atomic mass is 10.2. The second kappa shape index (κ2) is 7.96. The zero-order valence-electron chi connectivity index (χ0n) is 13.3. The topological polar surface area (TPSA) is 96.8 Å². The molecular weight excluding hydrogens is 354 g/mol. The third kappa shape index (κ3) is 6.10. The van der Waals surface area contributed by atoms with Crippen LogP contribution in [0.5, 0.6) is 0 Å². The van der Waals surface area contributed by atoms with Crippen molar-refractivity contribution in [1.29, 1.82) is 0 Å². The zero-order chi connectivity index (χ0) is 17.7. The number of benzene rings is 1. The fourth-order valence-corrected chi connectivity index (χ4v) is 4.34. The number of amides is 2. The fraction of sp³-hybridized carbons (Fsp3) is 0.467. The molecule has 2 atom stereocenters. The SMILES string of the molecule is C[NH+](CC(=O)Nc1ccc(Cl)cc1)CC(=O)N[C@@H]1CCS(=O)(=O)C1. The highest BCUT2D eigenvalue weighted by Crippen LogP contribution is 2.13. The third-order valence-corrected chi connectivity index (χ3v) is 5.67. The van der Waals surface area contributed by atoms with Gasteiger partial charge in [0.15, 0.2) is 22.9 Å². The molecule has 24 heavy (non-hydrogen) atoms. The highest BCUT2D eigenvalue weighted by molar-refractivity contribution is 7.91. The van der Waals surface area contributed by atoms with Gasteiger partial charge in [-0.25, -0.2) is 8.42 Å². The molecule has 1 saturated heterocycles. The number of sulfone groups is 1. The van der Waals surface area contributed by atoms with Crippen molar-refractivity contribution in [2.75, 3.05) is 37.0 Å². The standard InChI is InChI=1S/C15H20ClN3O4S/c1-19(8-14(20)17-12-4-2-11(16)3-5-12)9-15(21)18-13-6-7-24(22,23)10-13/h2-5,13H,6-10H2,1H3,(H,17,20)(H,18,21)/p+1/t13-/m1/s1. The summed E-state index contributed by atoms with van der Waals surface area (Å²) in [5, 5.41) is 6.02. The Balaban J connectivity index is 1.73. The van der Waals surface area contributed by atoms with E-state index >= 15 is 0 Å². The van der Waals surface area contributed by atoms with Crippen molar-refractivity contribution in [1.82, 2.24) is 5.32 Å². The van der Waals surface area contributed by atoms with Crippen LogP contribution in [0.25, 0.3) is 0 Å². The normalized spacial score (nSPS) is 20.3. The Morgan fingerprint density at radius 1 is 1.21 bits per heavy atom. The second-order valence-electron chi connectivity index (χ2n) is 6.03. The number of anilines is 1. The molecule has 0 radical (unpaired) electrons. The molecule has 132 valence electrons. The van der Waals surface area contributed by atoms with E-state index in [2.05, 4.69) is 10.6 Å². The molecule has 0 aromatic heterocycles. The van der Waals surface area contributed by atoms with Gasteiger partial charge in [-0.2, -0.15) is 0 Å². The van der Waals surface area contributed by atoms with E-state index in [0.717, 1.165) is 0 Å². The van der Waals surface area contributed by atoms with Crippen molar-refractivity contribution in [3.05, 3.63) is 29.3 Å². The monoisotopic (exact) mass is 374 g/mol. The average molecular weight is 375 g/mol. The maximum absolute atomic E-state index is 11.9. The number of carbonyl (C=O) groups is 2. The van der Waals surface area contributed by atoms with Gasteiger partial charge in [-0.15, -0.1) is 0 Å². The van der Waals surface area contributed by atoms with E-state index in [0.29, 0.717) is 22.0 Å². The van der Waals surface area contributed by atoms with Crippen molar-refractivity contribution < 1.29 is 22.9 Å². The Morgan fingerprint density at radius 2 is 1.83 bits per heavy atom. The van der Waals surface area contributed by atoms with E-state index in [1.807, 2.05) is 0 Å². The lowest BCUT2D eigenvalue weighted by Crippen LogP contribution is -3.11. The van der Waals surface area contributed by atoms with Gasteiger partial charge >= 0.3 is 0 Å². The smallest absolute Gasteiger partial charge is 0.279 e. The molecule has 0 spiro atoms. The fourth-order valence-electron chi connectivity index (χ4n) is 2.54. The van der Waals surface area contributed by atoms with Crippen LogP contribution in [0.2, 0.25) is 5.02 Å². The molecule has 2 rings (SSSR count). The zero-order valence-corrected chi connectivity index (χ0v) is 14.9. The summed E-state index contributed by atoms with van der Waals surface area (Å²) >= 11 is 5.78. The Bertz CT molecular complexity index is 706. The highest BCUT2D eigenvalue weighted by Gasteiger charge is 2.29. The van der Waals surface area contributed by atoms with E-state index in [-0.39, 0.29) is 42.5 Å². The highest BCUT2D eigenvalue weighted by atomic mass is 35.5. The molecule has 1 aromatic rings. The molecule has 1 aliphatic heterocycles. The van der Waals surface area contributed by atoms with Gasteiger partial charge in [0.2, 0.25) is 0 Å². The lowest BCUT2D eigenvalue weighted by Gasteiger charge is -2.15. The Labute approximate surface area is 146 Å².